The van der Waals surface area contributed by atoms with E-state index < -0.39 is 0 Å². The fraction of sp³-hybridized carbons (Fsp3) is 0.719. The second-order valence-electron chi connectivity index (χ2n) is 10.5. The minimum atomic E-state index is -0.0658. The monoisotopic (exact) mass is 486 g/mol. The Morgan fingerprint density at radius 3 is 1.94 bits per heavy atom. The Morgan fingerprint density at radius 1 is 0.914 bits per heavy atom. The summed E-state index contributed by atoms with van der Waals surface area (Å²) in [6.45, 7) is 18.4. The van der Waals surface area contributed by atoms with E-state index in [4.69, 9.17) is 0 Å². The van der Waals surface area contributed by atoms with Crippen LogP contribution in [-0.2, 0) is 16.0 Å². The van der Waals surface area contributed by atoms with Gasteiger partial charge in [0.15, 0.2) is 5.78 Å². The standard InChI is InChI=1S/C24H34O3.C5H12.C3H8/c1-6-8-19(20(7-2)22(26)11-17(5)25)12-18-13-21-15(3)9-10-16(4)24(21)23(27)14-18;1-3-5-4-2;1-3-2/h9-10,18-20H,6-8,11-14H2,1-5H3;3-5H2,1-2H3;3H2,1-2H3. The van der Waals surface area contributed by atoms with Gasteiger partial charge in [-0.3, -0.25) is 14.4 Å². The Labute approximate surface area is 216 Å². The summed E-state index contributed by atoms with van der Waals surface area (Å²) in [5.74, 6) is 0.766. The molecule has 3 heteroatoms. The number of carbonyl (C=O) groups is 3. The zero-order valence-corrected chi connectivity index (χ0v) is 24.4. The second-order valence-corrected chi connectivity index (χ2v) is 10.5. The van der Waals surface area contributed by atoms with Crippen LogP contribution in [-0.4, -0.2) is 17.3 Å². The van der Waals surface area contributed by atoms with Crippen LogP contribution < -0.4 is 0 Å². The highest BCUT2D eigenvalue weighted by Crippen LogP contribution is 2.37. The number of aryl methyl sites for hydroxylation is 2. The maximum absolute atomic E-state index is 12.8. The highest BCUT2D eigenvalue weighted by molar-refractivity contribution is 6.00. The van der Waals surface area contributed by atoms with Crippen LogP contribution in [0.25, 0.3) is 0 Å². The molecule has 0 saturated carbocycles. The maximum Gasteiger partial charge on any atom is 0.163 e. The lowest BCUT2D eigenvalue weighted by atomic mass is 9.71. The molecule has 35 heavy (non-hydrogen) atoms. The van der Waals surface area contributed by atoms with E-state index in [2.05, 4.69) is 47.6 Å². The van der Waals surface area contributed by atoms with Gasteiger partial charge in [-0.15, -0.1) is 0 Å². The van der Waals surface area contributed by atoms with Crippen LogP contribution in [0.1, 0.15) is 140 Å². The van der Waals surface area contributed by atoms with E-state index in [0.717, 1.165) is 43.2 Å². The zero-order valence-electron chi connectivity index (χ0n) is 24.4. The molecule has 0 spiro atoms. The lowest BCUT2D eigenvalue weighted by Crippen LogP contribution is -2.30. The molecule has 0 bridgehead atoms. The van der Waals surface area contributed by atoms with E-state index in [9.17, 15) is 14.4 Å². The van der Waals surface area contributed by atoms with Crippen LogP contribution in [0.5, 0.6) is 0 Å². The molecule has 1 aromatic carbocycles. The van der Waals surface area contributed by atoms with Gasteiger partial charge < -0.3 is 0 Å². The zero-order chi connectivity index (χ0) is 27.0. The summed E-state index contributed by atoms with van der Waals surface area (Å²) in [6.07, 6.45) is 10.5. The Morgan fingerprint density at radius 2 is 1.49 bits per heavy atom. The molecule has 2 rings (SSSR count). The van der Waals surface area contributed by atoms with E-state index in [1.807, 2.05) is 19.9 Å². The molecule has 0 aliphatic heterocycles. The minimum absolute atomic E-state index is 0.0451. The molecule has 1 aromatic rings. The first kappa shape index (κ1) is 33.2. The predicted octanol–water partition coefficient (Wildman–Crippen LogP) is 9.04. The van der Waals surface area contributed by atoms with Crippen molar-refractivity contribution in [2.45, 2.75) is 133 Å². The SMILES string of the molecule is CCC.CCCC(CC1CC(=O)c2c(C)ccc(C)c2C1)C(CC)C(=O)CC(C)=O.CCCCC. The van der Waals surface area contributed by atoms with Crippen LogP contribution in [0.3, 0.4) is 0 Å². The molecule has 0 amide bonds. The summed E-state index contributed by atoms with van der Waals surface area (Å²) in [7, 11) is 0. The Hall–Kier alpha value is -1.77. The summed E-state index contributed by atoms with van der Waals surface area (Å²) in [5.41, 5.74) is 4.40. The summed E-state index contributed by atoms with van der Waals surface area (Å²) in [6, 6.07) is 4.15. The van der Waals surface area contributed by atoms with Crippen LogP contribution in [0.4, 0.5) is 0 Å². The average molecular weight is 487 g/mol. The van der Waals surface area contributed by atoms with E-state index in [1.54, 1.807) is 0 Å². The van der Waals surface area contributed by atoms with Gasteiger partial charge in [0.1, 0.15) is 11.6 Å². The van der Waals surface area contributed by atoms with E-state index >= 15 is 0 Å². The van der Waals surface area contributed by atoms with Crippen LogP contribution in [0.15, 0.2) is 12.1 Å². The molecule has 1 aliphatic rings. The number of benzene rings is 1. The summed E-state index contributed by atoms with van der Waals surface area (Å²) in [4.78, 5) is 36.9. The van der Waals surface area contributed by atoms with E-state index in [-0.39, 0.29) is 35.6 Å². The lowest BCUT2D eigenvalue weighted by molar-refractivity contribution is -0.129. The third-order valence-corrected chi connectivity index (χ3v) is 6.85. The molecular formula is C32H54O3. The summed E-state index contributed by atoms with van der Waals surface area (Å²) < 4.78 is 0. The lowest BCUT2D eigenvalue weighted by Gasteiger charge is -2.32. The predicted molar refractivity (Wildman–Crippen MR) is 150 cm³/mol. The van der Waals surface area contributed by atoms with Crippen molar-refractivity contribution >= 4 is 17.3 Å². The van der Waals surface area contributed by atoms with Crippen molar-refractivity contribution in [1.82, 2.24) is 0 Å². The topological polar surface area (TPSA) is 51.2 Å². The summed E-state index contributed by atoms with van der Waals surface area (Å²) in [5, 5.41) is 0. The molecule has 3 unspecified atom stereocenters. The highest BCUT2D eigenvalue weighted by Gasteiger charge is 2.33. The number of hydrogen-bond donors (Lipinski definition) is 0. The van der Waals surface area contributed by atoms with Crippen molar-refractivity contribution in [2.24, 2.45) is 17.8 Å². The van der Waals surface area contributed by atoms with Gasteiger partial charge in [0.2, 0.25) is 0 Å². The fourth-order valence-electron chi connectivity index (χ4n) is 5.25. The van der Waals surface area contributed by atoms with Crippen LogP contribution >= 0.6 is 0 Å². The van der Waals surface area contributed by atoms with Gasteiger partial charge in [-0.25, -0.2) is 0 Å². The van der Waals surface area contributed by atoms with Gasteiger partial charge in [0.25, 0.3) is 0 Å². The second kappa shape index (κ2) is 18.5. The van der Waals surface area contributed by atoms with Crippen molar-refractivity contribution in [2.75, 3.05) is 0 Å². The van der Waals surface area contributed by atoms with Gasteiger partial charge in [-0.2, -0.15) is 0 Å². The molecule has 0 N–H and O–H groups in total. The van der Waals surface area contributed by atoms with E-state index in [0.29, 0.717) is 12.3 Å². The minimum Gasteiger partial charge on any atom is -0.300 e. The first-order chi connectivity index (χ1) is 16.6. The average Bonchev–Trinajstić information content (AvgIpc) is 2.78. The number of ketones is 3. The number of unbranched alkanes of at least 4 members (excludes halogenated alkanes) is 2. The summed E-state index contributed by atoms with van der Waals surface area (Å²) >= 11 is 0. The van der Waals surface area contributed by atoms with Crippen molar-refractivity contribution in [1.29, 1.82) is 0 Å². The van der Waals surface area contributed by atoms with Gasteiger partial charge in [0.05, 0.1) is 6.42 Å². The molecule has 0 aromatic heterocycles. The Balaban J connectivity index is 0.00000126. The van der Waals surface area contributed by atoms with Gasteiger partial charge in [0, 0.05) is 17.9 Å². The van der Waals surface area contributed by atoms with Crippen LogP contribution in [0.2, 0.25) is 0 Å². The molecule has 3 atom stereocenters. The van der Waals surface area contributed by atoms with Crippen LogP contribution in [0, 0.1) is 31.6 Å². The highest BCUT2D eigenvalue weighted by atomic mass is 16.1. The van der Waals surface area contributed by atoms with Crippen molar-refractivity contribution in [3.63, 3.8) is 0 Å². The molecule has 200 valence electrons. The molecule has 0 fully saturated rings. The number of hydrogen-bond acceptors (Lipinski definition) is 3. The number of rotatable bonds is 11. The van der Waals surface area contributed by atoms with Gasteiger partial charge >= 0.3 is 0 Å². The fourth-order valence-corrected chi connectivity index (χ4v) is 5.25. The number of carbonyl (C=O) groups excluding carboxylic acids is 3. The maximum atomic E-state index is 12.8. The third-order valence-electron chi connectivity index (χ3n) is 6.85. The largest absolute Gasteiger partial charge is 0.300 e. The Kier molecular flexibility index (Phi) is 17.6. The molecular weight excluding hydrogens is 432 g/mol. The van der Waals surface area contributed by atoms with E-state index in [1.165, 1.54) is 43.7 Å². The molecule has 1 aliphatic carbocycles. The van der Waals surface area contributed by atoms with Gasteiger partial charge in [-0.05, 0) is 68.6 Å². The quantitative estimate of drug-likeness (QED) is 0.293. The van der Waals surface area contributed by atoms with Crippen molar-refractivity contribution < 1.29 is 14.4 Å². The smallest absolute Gasteiger partial charge is 0.163 e. The Bertz CT molecular complexity index is 775. The van der Waals surface area contributed by atoms with Crippen molar-refractivity contribution in [3.8, 4) is 0 Å². The van der Waals surface area contributed by atoms with Crippen molar-refractivity contribution in [3.05, 3.63) is 34.4 Å². The molecule has 0 heterocycles. The third kappa shape index (κ3) is 11.7. The van der Waals surface area contributed by atoms with Gasteiger partial charge in [-0.1, -0.05) is 92.2 Å². The number of Topliss-reactive ketones (excluding diaryl/α,β-unsaturated/α-hetero) is 3. The number of fused-ring (bicyclic) bond motifs is 1. The normalized spacial score (nSPS) is 16.1. The first-order valence-corrected chi connectivity index (χ1v) is 14.3. The molecule has 3 nitrogen and oxygen atoms in total. The first-order valence-electron chi connectivity index (χ1n) is 14.3. The molecule has 0 radical (unpaired) electrons. The molecule has 0 saturated heterocycles.